The van der Waals surface area contributed by atoms with E-state index >= 15 is 0 Å². The van der Waals surface area contributed by atoms with Gasteiger partial charge in [-0.2, -0.15) is 0 Å². The summed E-state index contributed by atoms with van der Waals surface area (Å²) in [4.78, 5) is 11.5. The van der Waals surface area contributed by atoms with Crippen LogP contribution in [0.4, 0.5) is 4.39 Å². The third-order valence-electron chi connectivity index (χ3n) is 3.64. The molecule has 116 valence electrons. The maximum atomic E-state index is 13.9. The molecule has 0 bridgehead atoms. The molecule has 21 heavy (non-hydrogen) atoms. The summed E-state index contributed by atoms with van der Waals surface area (Å²) in [5, 5.41) is 6.19. The van der Waals surface area contributed by atoms with Crippen LogP contribution < -0.4 is 15.4 Å². The predicted octanol–water partition coefficient (Wildman–Crippen LogP) is 2.54. The zero-order valence-corrected chi connectivity index (χ0v) is 12.6. The van der Waals surface area contributed by atoms with Crippen LogP contribution in [-0.2, 0) is 4.79 Å². The molecular weight excluding hydrogens is 271 g/mol. The molecule has 1 aliphatic carbocycles. The van der Waals surface area contributed by atoms with Gasteiger partial charge in [-0.1, -0.05) is 6.07 Å². The van der Waals surface area contributed by atoms with Crippen molar-refractivity contribution in [1.82, 2.24) is 10.6 Å². The summed E-state index contributed by atoms with van der Waals surface area (Å²) in [6, 6.07) is 5.06. The zero-order valence-electron chi connectivity index (χ0n) is 12.6. The lowest BCUT2D eigenvalue weighted by Crippen LogP contribution is -2.27. The molecule has 0 radical (unpaired) electrons. The molecule has 1 fully saturated rings. The molecule has 1 atom stereocenters. The average molecular weight is 294 g/mol. The Balaban J connectivity index is 1.76. The third-order valence-corrected chi connectivity index (χ3v) is 3.64. The highest BCUT2D eigenvalue weighted by molar-refractivity contribution is 5.76. The van der Waals surface area contributed by atoms with E-state index in [1.807, 2.05) is 6.92 Å². The lowest BCUT2D eigenvalue weighted by atomic mass is 10.1. The van der Waals surface area contributed by atoms with Crippen LogP contribution in [-0.4, -0.2) is 25.6 Å². The van der Waals surface area contributed by atoms with Crippen molar-refractivity contribution >= 4 is 5.91 Å². The molecule has 1 saturated carbocycles. The number of hydrogen-bond acceptors (Lipinski definition) is 3. The number of nitrogens with one attached hydrogen (secondary N) is 2. The number of methoxy groups -OCH3 is 1. The number of hydrogen-bond donors (Lipinski definition) is 2. The summed E-state index contributed by atoms with van der Waals surface area (Å²) in [6.07, 6.45) is 3.45. The molecule has 0 heterocycles. The summed E-state index contributed by atoms with van der Waals surface area (Å²) in [5.41, 5.74) is 0.530. The standard InChI is InChI=1S/C16H23FN2O2/c1-11(16-13(17)5-3-6-14(16)21-2)18-10-4-7-15(20)19-12-8-9-12/h3,5-6,11-12,18H,4,7-10H2,1-2H3,(H,19,20). The molecule has 1 aliphatic rings. The molecule has 0 saturated heterocycles. The highest BCUT2D eigenvalue weighted by Crippen LogP contribution is 2.27. The minimum Gasteiger partial charge on any atom is -0.496 e. The van der Waals surface area contributed by atoms with Gasteiger partial charge in [-0.15, -0.1) is 0 Å². The van der Waals surface area contributed by atoms with E-state index in [1.54, 1.807) is 12.1 Å². The molecule has 0 aromatic heterocycles. The van der Waals surface area contributed by atoms with Gasteiger partial charge in [-0.05, 0) is 44.9 Å². The fourth-order valence-corrected chi connectivity index (χ4v) is 2.31. The van der Waals surface area contributed by atoms with Gasteiger partial charge in [-0.3, -0.25) is 4.79 Å². The number of halogens is 1. The van der Waals surface area contributed by atoms with Crippen LogP contribution in [0.2, 0.25) is 0 Å². The Labute approximate surface area is 125 Å². The van der Waals surface area contributed by atoms with Crippen LogP contribution in [0.3, 0.4) is 0 Å². The van der Waals surface area contributed by atoms with Crippen molar-refractivity contribution in [3.05, 3.63) is 29.6 Å². The molecule has 2 rings (SSSR count). The molecule has 1 aromatic rings. The van der Waals surface area contributed by atoms with Crippen LogP contribution in [0, 0.1) is 5.82 Å². The first kappa shape index (κ1) is 15.8. The summed E-state index contributed by atoms with van der Waals surface area (Å²) in [7, 11) is 1.53. The summed E-state index contributed by atoms with van der Waals surface area (Å²) in [6.45, 7) is 2.56. The van der Waals surface area contributed by atoms with Crippen LogP contribution in [0.25, 0.3) is 0 Å². The molecular formula is C16H23FN2O2. The van der Waals surface area contributed by atoms with E-state index in [2.05, 4.69) is 10.6 Å². The molecule has 1 aromatic carbocycles. The quantitative estimate of drug-likeness (QED) is 0.724. The lowest BCUT2D eigenvalue weighted by Gasteiger charge is -2.18. The highest BCUT2D eigenvalue weighted by Gasteiger charge is 2.22. The Morgan fingerprint density at radius 3 is 2.90 bits per heavy atom. The van der Waals surface area contributed by atoms with Gasteiger partial charge < -0.3 is 15.4 Å². The number of ether oxygens (including phenoxy) is 1. The van der Waals surface area contributed by atoms with E-state index in [0.29, 0.717) is 30.3 Å². The van der Waals surface area contributed by atoms with Crippen LogP contribution in [0.5, 0.6) is 5.75 Å². The molecule has 1 unspecified atom stereocenters. The molecule has 2 N–H and O–H groups in total. The van der Waals surface area contributed by atoms with E-state index in [9.17, 15) is 9.18 Å². The zero-order chi connectivity index (χ0) is 15.2. The van der Waals surface area contributed by atoms with Gasteiger partial charge in [0.1, 0.15) is 11.6 Å². The fourth-order valence-electron chi connectivity index (χ4n) is 2.31. The van der Waals surface area contributed by atoms with Crippen molar-refractivity contribution in [2.45, 2.75) is 44.7 Å². The minimum absolute atomic E-state index is 0.107. The van der Waals surface area contributed by atoms with Gasteiger partial charge in [0.05, 0.1) is 7.11 Å². The van der Waals surface area contributed by atoms with Gasteiger partial charge in [0.25, 0.3) is 0 Å². The second-order valence-corrected chi connectivity index (χ2v) is 5.48. The van der Waals surface area contributed by atoms with Gasteiger partial charge in [-0.25, -0.2) is 4.39 Å². The first-order chi connectivity index (χ1) is 10.1. The first-order valence-electron chi connectivity index (χ1n) is 7.47. The van der Waals surface area contributed by atoms with E-state index in [4.69, 9.17) is 4.74 Å². The Kier molecular flexibility index (Phi) is 5.56. The van der Waals surface area contributed by atoms with Crippen molar-refractivity contribution in [3.63, 3.8) is 0 Å². The Hall–Kier alpha value is -1.62. The van der Waals surface area contributed by atoms with Crippen LogP contribution in [0.15, 0.2) is 18.2 Å². The highest BCUT2D eigenvalue weighted by atomic mass is 19.1. The van der Waals surface area contributed by atoms with Crippen molar-refractivity contribution in [3.8, 4) is 5.75 Å². The summed E-state index contributed by atoms with van der Waals surface area (Å²) in [5.74, 6) is 0.373. The second kappa shape index (κ2) is 7.41. The SMILES string of the molecule is COc1cccc(F)c1C(C)NCCCC(=O)NC1CC1. The second-order valence-electron chi connectivity index (χ2n) is 5.48. The maximum Gasteiger partial charge on any atom is 0.220 e. The number of carbonyl (C=O) groups excluding carboxylic acids is 1. The van der Waals surface area contributed by atoms with Gasteiger partial charge in [0.2, 0.25) is 5.91 Å². The van der Waals surface area contributed by atoms with E-state index in [-0.39, 0.29) is 17.8 Å². The van der Waals surface area contributed by atoms with E-state index < -0.39 is 0 Å². The molecule has 0 aliphatic heterocycles. The Bertz CT molecular complexity index is 489. The Morgan fingerprint density at radius 2 is 2.24 bits per heavy atom. The summed E-state index contributed by atoms with van der Waals surface area (Å²) < 4.78 is 19.1. The largest absolute Gasteiger partial charge is 0.496 e. The van der Waals surface area contributed by atoms with Crippen molar-refractivity contribution in [1.29, 1.82) is 0 Å². The maximum absolute atomic E-state index is 13.9. The Morgan fingerprint density at radius 1 is 1.48 bits per heavy atom. The first-order valence-corrected chi connectivity index (χ1v) is 7.47. The van der Waals surface area contributed by atoms with Crippen LogP contribution >= 0.6 is 0 Å². The fraction of sp³-hybridized carbons (Fsp3) is 0.562. The normalized spacial score (nSPS) is 15.6. The van der Waals surface area contributed by atoms with Gasteiger partial charge in [0, 0.05) is 24.1 Å². The van der Waals surface area contributed by atoms with Gasteiger partial charge >= 0.3 is 0 Å². The molecule has 5 heteroatoms. The summed E-state index contributed by atoms with van der Waals surface area (Å²) >= 11 is 0. The van der Waals surface area contributed by atoms with Crippen LogP contribution in [0.1, 0.15) is 44.2 Å². The number of rotatable bonds is 8. The number of carbonyl (C=O) groups is 1. The smallest absolute Gasteiger partial charge is 0.220 e. The van der Waals surface area contributed by atoms with Crippen molar-refractivity contribution in [2.24, 2.45) is 0 Å². The third kappa shape index (κ3) is 4.70. The number of amides is 1. The average Bonchev–Trinajstić information content (AvgIpc) is 3.26. The monoisotopic (exact) mass is 294 g/mol. The van der Waals surface area contributed by atoms with E-state index in [1.165, 1.54) is 13.2 Å². The van der Waals surface area contributed by atoms with Crippen molar-refractivity contribution in [2.75, 3.05) is 13.7 Å². The van der Waals surface area contributed by atoms with E-state index in [0.717, 1.165) is 19.3 Å². The molecule has 4 nitrogen and oxygen atoms in total. The predicted molar refractivity (Wildman–Crippen MR) is 79.8 cm³/mol. The number of benzene rings is 1. The van der Waals surface area contributed by atoms with Gasteiger partial charge in [0.15, 0.2) is 0 Å². The lowest BCUT2D eigenvalue weighted by molar-refractivity contribution is -0.121. The molecule has 1 amide bonds. The molecule has 0 spiro atoms. The minimum atomic E-state index is -0.277. The topological polar surface area (TPSA) is 50.4 Å². The van der Waals surface area contributed by atoms with Crippen molar-refractivity contribution < 1.29 is 13.9 Å².